The highest BCUT2D eigenvalue weighted by Crippen LogP contribution is 2.27. The molecule has 8 heteroatoms. The van der Waals surface area contributed by atoms with Crippen molar-refractivity contribution in [3.05, 3.63) is 64.7 Å². The molecular weight excluding hydrogens is 430 g/mol. The lowest BCUT2D eigenvalue weighted by Gasteiger charge is -2.26. The Balaban J connectivity index is 1.63. The van der Waals surface area contributed by atoms with Crippen LogP contribution in [0.1, 0.15) is 24.1 Å². The monoisotopic (exact) mass is 457 g/mol. The summed E-state index contributed by atoms with van der Waals surface area (Å²) < 4.78 is 2.05. The number of benzene rings is 2. The first kappa shape index (κ1) is 23.3. The van der Waals surface area contributed by atoms with Crippen molar-refractivity contribution in [3.63, 3.8) is 0 Å². The Morgan fingerprint density at radius 3 is 2.55 bits per heavy atom. The summed E-state index contributed by atoms with van der Waals surface area (Å²) in [6.45, 7) is 5.33. The Hall–Kier alpha value is -2.35. The number of hydrogen-bond donors (Lipinski definition) is 1. The highest BCUT2D eigenvalue weighted by molar-refractivity contribution is 7.99. The van der Waals surface area contributed by atoms with Gasteiger partial charge in [0, 0.05) is 23.7 Å². The summed E-state index contributed by atoms with van der Waals surface area (Å²) in [6, 6.07) is 15.8. The molecule has 0 radical (unpaired) electrons. The number of carbonyl (C=O) groups excluding carboxylic acids is 1. The first-order chi connectivity index (χ1) is 14.9. The van der Waals surface area contributed by atoms with Crippen molar-refractivity contribution >= 4 is 29.3 Å². The molecule has 1 N–H and O–H groups in total. The van der Waals surface area contributed by atoms with E-state index in [-0.39, 0.29) is 17.7 Å². The van der Waals surface area contributed by atoms with E-state index in [4.69, 9.17) is 11.6 Å². The molecular formula is C23H28ClN5OS. The second kappa shape index (κ2) is 10.8. The molecule has 1 amide bonds. The Morgan fingerprint density at radius 2 is 1.87 bits per heavy atom. The van der Waals surface area contributed by atoms with Crippen molar-refractivity contribution in [1.29, 1.82) is 0 Å². The molecule has 31 heavy (non-hydrogen) atoms. The minimum absolute atomic E-state index is 0.00500. The molecule has 0 fully saturated rings. The average Bonchev–Trinajstić information content (AvgIpc) is 3.16. The lowest BCUT2D eigenvalue weighted by atomic mass is 10.1. The number of carbonyl (C=O) groups is 1. The van der Waals surface area contributed by atoms with Gasteiger partial charge in [0.1, 0.15) is 0 Å². The molecule has 0 aliphatic carbocycles. The van der Waals surface area contributed by atoms with Gasteiger partial charge in [0.25, 0.3) is 0 Å². The van der Waals surface area contributed by atoms with Crippen molar-refractivity contribution in [3.8, 4) is 11.4 Å². The third-order valence-electron chi connectivity index (χ3n) is 5.13. The quantitative estimate of drug-likeness (QED) is 0.481. The fourth-order valence-electron chi connectivity index (χ4n) is 3.41. The van der Waals surface area contributed by atoms with Gasteiger partial charge in [-0.05, 0) is 45.1 Å². The topological polar surface area (TPSA) is 63.1 Å². The summed E-state index contributed by atoms with van der Waals surface area (Å²) in [7, 11) is 3.96. The minimum Gasteiger partial charge on any atom is -0.353 e. The van der Waals surface area contributed by atoms with Crippen LogP contribution in [0.15, 0.2) is 53.7 Å². The SMILES string of the molecule is CCn1c(SCC(=O)NCC(c2ccccc2Cl)N(C)C)nnc1-c1ccccc1C. The molecule has 6 nitrogen and oxygen atoms in total. The summed E-state index contributed by atoms with van der Waals surface area (Å²) in [5.74, 6) is 1.05. The van der Waals surface area contributed by atoms with E-state index in [1.165, 1.54) is 11.8 Å². The maximum absolute atomic E-state index is 12.5. The van der Waals surface area contributed by atoms with Gasteiger partial charge in [-0.25, -0.2) is 0 Å². The van der Waals surface area contributed by atoms with Crippen molar-refractivity contribution in [2.45, 2.75) is 31.6 Å². The van der Waals surface area contributed by atoms with Crippen LogP contribution in [0.2, 0.25) is 5.02 Å². The summed E-state index contributed by atoms with van der Waals surface area (Å²) in [4.78, 5) is 14.6. The van der Waals surface area contributed by atoms with Gasteiger partial charge in [-0.1, -0.05) is 65.8 Å². The van der Waals surface area contributed by atoms with Gasteiger partial charge in [0.15, 0.2) is 11.0 Å². The maximum Gasteiger partial charge on any atom is 0.230 e. The number of nitrogens with one attached hydrogen (secondary N) is 1. The van der Waals surface area contributed by atoms with Gasteiger partial charge in [-0.15, -0.1) is 10.2 Å². The smallest absolute Gasteiger partial charge is 0.230 e. The molecule has 1 unspecified atom stereocenters. The standard InChI is InChI=1S/C23H28ClN5OS/c1-5-29-22(17-11-7-6-10-16(17)2)26-27-23(29)31-15-21(30)25-14-20(28(3)4)18-12-8-9-13-19(18)24/h6-13,20H,5,14-15H2,1-4H3,(H,25,30). The molecule has 3 rings (SSSR count). The average molecular weight is 458 g/mol. The van der Waals surface area contributed by atoms with Crippen molar-refractivity contribution in [2.24, 2.45) is 0 Å². The molecule has 3 aromatic rings. The Kier molecular flexibility index (Phi) is 8.12. The van der Waals surface area contributed by atoms with Gasteiger partial charge < -0.3 is 14.8 Å². The van der Waals surface area contributed by atoms with Gasteiger partial charge in [0.05, 0.1) is 11.8 Å². The van der Waals surface area contributed by atoms with E-state index in [1.54, 1.807) is 0 Å². The predicted octanol–water partition coefficient (Wildman–Crippen LogP) is 4.44. The minimum atomic E-state index is -0.0491. The molecule has 0 saturated heterocycles. The van der Waals surface area contributed by atoms with Crippen LogP contribution in [-0.4, -0.2) is 52.0 Å². The maximum atomic E-state index is 12.5. The molecule has 1 aromatic heterocycles. The van der Waals surface area contributed by atoms with E-state index in [9.17, 15) is 4.79 Å². The summed E-state index contributed by atoms with van der Waals surface area (Å²) >= 11 is 7.75. The van der Waals surface area contributed by atoms with E-state index in [0.29, 0.717) is 11.6 Å². The molecule has 1 heterocycles. The molecule has 164 valence electrons. The highest BCUT2D eigenvalue weighted by atomic mass is 35.5. The highest BCUT2D eigenvalue weighted by Gasteiger charge is 2.19. The van der Waals surface area contributed by atoms with E-state index in [1.807, 2.05) is 61.1 Å². The van der Waals surface area contributed by atoms with Gasteiger partial charge >= 0.3 is 0 Å². The van der Waals surface area contributed by atoms with Crippen LogP contribution >= 0.6 is 23.4 Å². The number of likely N-dealkylation sites (N-methyl/N-ethyl adjacent to an activating group) is 1. The van der Waals surface area contributed by atoms with Crippen molar-refractivity contribution in [1.82, 2.24) is 25.0 Å². The lowest BCUT2D eigenvalue weighted by Crippen LogP contribution is -2.35. The Bertz CT molecular complexity index is 1040. The van der Waals surface area contributed by atoms with Gasteiger partial charge in [0.2, 0.25) is 5.91 Å². The van der Waals surface area contributed by atoms with E-state index in [2.05, 4.69) is 40.3 Å². The molecule has 2 aromatic carbocycles. The molecule has 0 bridgehead atoms. The van der Waals surface area contributed by atoms with Crippen molar-refractivity contribution in [2.75, 3.05) is 26.4 Å². The zero-order chi connectivity index (χ0) is 22.4. The first-order valence-electron chi connectivity index (χ1n) is 10.2. The summed E-state index contributed by atoms with van der Waals surface area (Å²) in [5, 5.41) is 13.2. The molecule has 1 atom stereocenters. The number of halogens is 1. The second-order valence-electron chi connectivity index (χ2n) is 7.46. The lowest BCUT2D eigenvalue weighted by molar-refractivity contribution is -0.118. The third kappa shape index (κ3) is 5.67. The zero-order valence-corrected chi connectivity index (χ0v) is 19.9. The number of aromatic nitrogens is 3. The molecule has 0 saturated carbocycles. The van der Waals surface area contributed by atoms with Crippen LogP contribution in [0.4, 0.5) is 0 Å². The van der Waals surface area contributed by atoms with E-state index in [0.717, 1.165) is 34.2 Å². The van der Waals surface area contributed by atoms with Crippen LogP contribution in [0.5, 0.6) is 0 Å². The number of nitrogens with zero attached hydrogens (tertiary/aromatic N) is 4. The number of amides is 1. The summed E-state index contributed by atoms with van der Waals surface area (Å²) in [5.41, 5.74) is 3.20. The van der Waals surface area contributed by atoms with Crippen LogP contribution in [0.25, 0.3) is 11.4 Å². The Labute approximate surface area is 193 Å². The first-order valence-corrected chi connectivity index (χ1v) is 11.6. The second-order valence-corrected chi connectivity index (χ2v) is 8.81. The molecule has 0 spiro atoms. The van der Waals surface area contributed by atoms with E-state index >= 15 is 0 Å². The number of thioether (sulfide) groups is 1. The van der Waals surface area contributed by atoms with Crippen LogP contribution in [-0.2, 0) is 11.3 Å². The zero-order valence-electron chi connectivity index (χ0n) is 18.3. The normalized spacial score (nSPS) is 12.2. The van der Waals surface area contributed by atoms with Crippen molar-refractivity contribution < 1.29 is 4.79 Å². The Morgan fingerprint density at radius 1 is 1.16 bits per heavy atom. The molecule has 0 aliphatic heterocycles. The largest absolute Gasteiger partial charge is 0.353 e. The van der Waals surface area contributed by atoms with Crippen LogP contribution < -0.4 is 5.32 Å². The van der Waals surface area contributed by atoms with Crippen LogP contribution in [0, 0.1) is 6.92 Å². The number of hydrogen-bond acceptors (Lipinski definition) is 5. The van der Waals surface area contributed by atoms with Crippen LogP contribution in [0.3, 0.4) is 0 Å². The fourth-order valence-corrected chi connectivity index (χ4v) is 4.51. The van der Waals surface area contributed by atoms with E-state index < -0.39 is 0 Å². The molecule has 0 aliphatic rings. The third-order valence-corrected chi connectivity index (χ3v) is 6.44. The fraction of sp³-hybridized carbons (Fsp3) is 0.348. The number of rotatable bonds is 9. The number of aryl methyl sites for hydroxylation is 1. The van der Waals surface area contributed by atoms with Gasteiger partial charge in [-0.2, -0.15) is 0 Å². The summed E-state index contributed by atoms with van der Waals surface area (Å²) in [6.07, 6.45) is 0. The predicted molar refractivity (Wildman–Crippen MR) is 127 cm³/mol. The van der Waals surface area contributed by atoms with Gasteiger partial charge in [-0.3, -0.25) is 4.79 Å².